The van der Waals surface area contributed by atoms with Gasteiger partial charge in [-0.2, -0.15) is 16.7 Å². The van der Waals surface area contributed by atoms with Crippen LogP contribution < -0.4 is 4.74 Å². The maximum atomic E-state index is 6.11. The summed E-state index contributed by atoms with van der Waals surface area (Å²) in [6.45, 7) is 2.22. The minimum Gasteiger partial charge on any atom is -0.481 e. The molecule has 2 atom stereocenters. The fourth-order valence-corrected chi connectivity index (χ4v) is 4.45. The lowest BCUT2D eigenvalue weighted by atomic mass is 10.2. The van der Waals surface area contributed by atoms with Crippen LogP contribution in [0.25, 0.3) is 11.2 Å². The SMILES string of the molecule is CCSC1CCC(n2c(CCl)nc3ccc(OC)nc32)C1. The molecule has 0 aromatic carbocycles. The van der Waals surface area contributed by atoms with Crippen LogP contribution in [-0.4, -0.2) is 32.6 Å². The van der Waals surface area contributed by atoms with E-state index in [1.807, 2.05) is 12.1 Å². The first-order valence-electron chi connectivity index (χ1n) is 7.36. The summed E-state index contributed by atoms with van der Waals surface area (Å²) in [4.78, 5) is 9.22. The topological polar surface area (TPSA) is 39.9 Å². The fourth-order valence-electron chi connectivity index (χ4n) is 3.13. The van der Waals surface area contributed by atoms with E-state index in [0.29, 0.717) is 17.8 Å². The molecule has 1 aliphatic carbocycles. The number of hydrogen-bond acceptors (Lipinski definition) is 4. The molecular formula is C15H20ClN3OS. The predicted molar refractivity (Wildman–Crippen MR) is 88.4 cm³/mol. The molecule has 0 N–H and O–H groups in total. The van der Waals surface area contributed by atoms with Gasteiger partial charge in [-0.25, -0.2) is 4.98 Å². The molecule has 3 rings (SSSR count). The highest BCUT2D eigenvalue weighted by Gasteiger charge is 2.29. The molecule has 4 nitrogen and oxygen atoms in total. The molecule has 1 aliphatic rings. The normalized spacial score (nSPS) is 22.0. The van der Waals surface area contributed by atoms with Crippen molar-refractivity contribution in [1.29, 1.82) is 0 Å². The number of halogens is 1. The first-order chi connectivity index (χ1) is 10.3. The number of fused-ring (bicyclic) bond motifs is 1. The van der Waals surface area contributed by atoms with Crippen molar-refractivity contribution in [2.45, 2.75) is 43.4 Å². The number of rotatable bonds is 5. The molecule has 0 aliphatic heterocycles. The Morgan fingerprint density at radius 1 is 1.38 bits per heavy atom. The van der Waals surface area contributed by atoms with Gasteiger partial charge in [0.25, 0.3) is 0 Å². The molecule has 2 heterocycles. The summed E-state index contributed by atoms with van der Waals surface area (Å²) in [6.07, 6.45) is 3.60. The van der Waals surface area contributed by atoms with Crippen LogP contribution in [0.4, 0.5) is 0 Å². The third kappa shape index (κ3) is 2.86. The van der Waals surface area contributed by atoms with Gasteiger partial charge in [-0.3, -0.25) is 0 Å². The zero-order valence-corrected chi connectivity index (χ0v) is 14.0. The van der Waals surface area contributed by atoms with Gasteiger partial charge in [-0.15, -0.1) is 11.6 Å². The van der Waals surface area contributed by atoms with Crippen LogP contribution in [-0.2, 0) is 5.88 Å². The average molecular weight is 326 g/mol. The monoisotopic (exact) mass is 325 g/mol. The van der Waals surface area contributed by atoms with Crippen molar-refractivity contribution in [2.24, 2.45) is 0 Å². The molecule has 0 radical (unpaired) electrons. The Hall–Kier alpha value is -0.940. The molecule has 2 aromatic heterocycles. The number of nitrogens with zero attached hydrogens (tertiary/aromatic N) is 3. The number of methoxy groups -OCH3 is 1. The van der Waals surface area contributed by atoms with Gasteiger partial charge in [-0.1, -0.05) is 6.92 Å². The minimum atomic E-state index is 0.417. The first-order valence-corrected chi connectivity index (χ1v) is 8.94. The van der Waals surface area contributed by atoms with Crippen molar-refractivity contribution in [2.75, 3.05) is 12.9 Å². The summed E-state index contributed by atoms with van der Waals surface area (Å²) in [5.41, 5.74) is 1.80. The van der Waals surface area contributed by atoms with E-state index in [9.17, 15) is 0 Å². The number of thioether (sulfide) groups is 1. The molecule has 2 unspecified atom stereocenters. The highest BCUT2D eigenvalue weighted by molar-refractivity contribution is 7.99. The van der Waals surface area contributed by atoms with Gasteiger partial charge in [0.2, 0.25) is 5.88 Å². The van der Waals surface area contributed by atoms with E-state index in [1.165, 1.54) is 25.0 Å². The third-order valence-electron chi connectivity index (χ3n) is 4.04. The molecule has 21 heavy (non-hydrogen) atoms. The summed E-state index contributed by atoms with van der Waals surface area (Å²) in [7, 11) is 1.64. The maximum absolute atomic E-state index is 6.11. The van der Waals surface area contributed by atoms with E-state index in [4.69, 9.17) is 16.3 Å². The first kappa shape index (κ1) is 15.0. The summed E-state index contributed by atoms with van der Waals surface area (Å²) < 4.78 is 7.49. The van der Waals surface area contributed by atoms with Crippen LogP contribution in [0.2, 0.25) is 0 Å². The molecule has 6 heteroatoms. The van der Waals surface area contributed by atoms with E-state index in [-0.39, 0.29) is 0 Å². The molecule has 114 valence electrons. The smallest absolute Gasteiger partial charge is 0.215 e. The zero-order chi connectivity index (χ0) is 14.8. The Labute approximate surface area is 134 Å². The number of hydrogen-bond donors (Lipinski definition) is 0. The van der Waals surface area contributed by atoms with E-state index < -0.39 is 0 Å². The van der Waals surface area contributed by atoms with Gasteiger partial charge in [0.1, 0.15) is 11.3 Å². The van der Waals surface area contributed by atoms with Crippen molar-refractivity contribution in [3.63, 3.8) is 0 Å². The summed E-state index contributed by atoms with van der Waals surface area (Å²) in [5, 5.41) is 0.742. The second kappa shape index (κ2) is 6.44. The van der Waals surface area contributed by atoms with Crippen molar-refractivity contribution in [1.82, 2.24) is 14.5 Å². The van der Waals surface area contributed by atoms with E-state index in [1.54, 1.807) is 7.11 Å². The van der Waals surface area contributed by atoms with Crippen LogP contribution in [0, 0.1) is 0 Å². The second-order valence-corrected chi connectivity index (χ2v) is 7.12. The van der Waals surface area contributed by atoms with Gasteiger partial charge in [-0.05, 0) is 31.1 Å². The van der Waals surface area contributed by atoms with Crippen molar-refractivity contribution in [3.8, 4) is 5.88 Å². The standard InChI is InChI=1S/C15H20ClN3OS/c1-3-21-11-5-4-10(8-11)19-13(9-16)17-12-6-7-14(20-2)18-15(12)19/h6-7,10-11H,3-5,8-9H2,1-2H3. The van der Waals surface area contributed by atoms with Crippen molar-refractivity contribution < 1.29 is 4.74 Å². The van der Waals surface area contributed by atoms with Crippen LogP contribution >= 0.6 is 23.4 Å². The molecule has 0 saturated heterocycles. The average Bonchev–Trinajstić information content (AvgIpc) is 3.10. The predicted octanol–water partition coefficient (Wildman–Crippen LogP) is 4.03. The Kier molecular flexibility index (Phi) is 4.60. The Bertz CT molecular complexity index is 631. The Morgan fingerprint density at radius 3 is 2.95 bits per heavy atom. The summed E-state index contributed by atoms with van der Waals surface area (Å²) >= 11 is 8.16. The van der Waals surface area contributed by atoms with Crippen LogP contribution in [0.3, 0.4) is 0 Å². The largest absolute Gasteiger partial charge is 0.481 e. The summed E-state index contributed by atoms with van der Waals surface area (Å²) in [6, 6.07) is 4.26. The molecule has 0 spiro atoms. The van der Waals surface area contributed by atoms with Crippen molar-refractivity contribution in [3.05, 3.63) is 18.0 Å². The lowest BCUT2D eigenvalue weighted by Gasteiger charge is -2.16. The Morgan fingerprint density at radius 2 is 2.24 bits per heavy atom. The molecular weight excluding hydrogens is 306 g/mol. The van der Waals surface area contributed by atoms with Gasteiger partial charge in [0.05, 0.1) is 13.0 Å². The van der Waals surface area contributed by atoms with Gasteiger partial charge < -0.3 is 9.30 Å². The number of ether oxygens (including phenoxy) is 1. The fraction of sp³-hybridized carbons (Fsp3) is 0.600. The number of aromatic nitrogens is 3. The quantitative estimate of drug-likeness (QED) is 0.778. The number of pyridine rings is 1. The van der Waals surface area contributed by atoms with E-state index in [2.05, 4.69) is 33.2 Å². The van der Waals surface area contributed by atoms with Gasteiger partial charge in [0, 0.05) is 17.4 Å². The lowest BCUT2D eigenvalue weighted by Crippen LogP contribution is -2.10. The molecule has 1 fully saturated rings. The van der Waals surface area contributed by atoms with Gasteiger partial charge >= 0.3 is 0 Å². The zero-order valence-electron chi connectivity index (χ0n) is 12.4. The highest BCUT2D eigenvalue weighted by Crippen LogP contribution is 2.39. The molecule has 0 bridgehead atoms. The Balaban J connectivity index is 1.99. The van der Waals surface area contributed by atoms with Crippen LogP contribution in [0.5, 0.6) is 5.88 Å². The van der Waals surface area contributed by atoms with Gasteiger partial charge in [0.15, 0.2) is 5.65 Å². The number of alkyl halides is 1. The molecule has 0 amide bonds. The third-order valence-corrected chi connectivity index (χ3v) is 5.51. The van der Waals surface area contributed by atoms with E-state index >= 15 is 0 Å². The highest BCUT2D eigenvalue weighted by atomic mass is 35.5. The maximum Gasteiger partial charge on any atom is 0.215 e. The van der Waals surface area contributed by atoms with Crippen molar-refractivity contribution >= 4 is 34.5 Å². The number of imidazole rings is 1. The lowest BCUT2D eigenvalue weighted by molar-refractivity contribution is 0.398. The second-order valence-electron chi connectivity index (χ2n) is 5.27. The molecule has 2 aromatic rings. The molecule has 1 saturated carbocycles. The van der Waals surface area contributed by atoms with Crippen LogP contribution in [0.1, 0.15) is 38.1 Å². The van der Waals surface area contributed by atoms with Crippen LogP contribution in [0.15, 0.2) is 12.1 Å². The summed E-state index contributed by atoms with van der Waals surface area (Å²) in [5.74, 6) is 3.14. The minimum absolute atomic E-state index is 0.417. The van der Waals surface area contributed by atoms with E-state index in [0.717, 1.165) is 22.2 Å².